The minimum Gasteiger partial charge on any atom is -0.478 e. The van der Waals surface area contributed by atoms with Gasteiger partial charge in [0, 0.05) is 19.8 Å². The molecular formula is C21H30N2O2S. The fourth-order valence-electron chi connectivity index (χ4n) is 3.25. The van der Waals surface area contributed by atoms with Gasteiger partial charge in [0.05, 0.1) is 5.56 Å². The molecule has 0 bridgehead atoms. The zero-order valence-electron chi connectivity index (χ0n) is 16.9. The molecule has 0 fully saturated rings. The van der Waals surface area contributed by atoms with Gasteiger partial charge in [0.25, 0.3) is 0 Å². The van der Waals surface area contributed by atoms with Crippen LogP contribution in [0.3, 0.4) is 0 Å². The molecule has 5 heteroatoms. The lowest BCUT2D eigenvalue weighted by molar-refractivity contribution is 0.0697. The van der Waals surface area contributed by atoms with E-state index in [1.54, 1.807) is 30.9 Å². The summed E-state index contributed by atoms with van der Waals surface area (Å²) in [6.45, 7) is 11.5. The first-order chi connectivity index (χ1) is 12.0. The lowest BCUT2D eigenvalue weighted by atomic mass is 9.68. The Kier molecular flexibility index (Phi) is 5.91. The van der Waals surface area contributed by atoms with E-state index in [-0.39, 0.29) is 10.8 Å². The molecule has 1 N–H and O–H groups in total. The summed E-state index contributed by atoms with van der Waals surface area (Å²) >= 11 is 1.74. The van der Waals surface area contributed by atoms with Crippen LogP contribution in [0, 0.1) is 10.8 Å². The molecule has 0 atom stereocenters. The molecule has 2 rings (SSSR count). The molecule has 0 saturated heterocycles. The lowest BCUT2D eigenvalue weighted by Gasteiger charge is -2.42. The van der Waals surface area contributed by atoms with Crippen LogP contribution < -0.4 is 4.90 Å². The van der Waals surface area contributed by atoms with Gasteiger partial charge in [0.1, 0.15) is 0 Å². The minimum absolute atomic E-state index is 0.133. The van der Waals surface area contributed by atoms with E-state index in [9.17, 15) is 4.79 Å². The van der Waals surface area contributed by atoms with Crippen molar-refractivity contribution < 1.29 is 9.90 Å². The topological polar surface area (TPSA) is 52.9 Å². The Morgan fingerprint density at radius 3 is 2.15 bits per heavy atom. The number of hydrogen-bond acceptors (Lipinski definition) is 3. The van der Waals surface area contributed by atoms with Gasteiger partial charge in [-0.15, -0.1) is 0 Å². The molecule has 1 aliphatic rings. The Balaban J connectivity index is 2.32. The van der Waals surface area contributed by atoms with Crippen molar-refractivity contribution in [3.63, 3.8) is 0 Å². The lowest BCUT2D eigenvalue weighted by Crippen LogP contribution is -2.31. The van der Waals surface area contributed by atoms with Gasteiger partial charge in [0.2, 0.25) is 0 Å². The maximum Gasteiger partial charge on any atom is 0.335 e. The molecule has 26 heavy (non-hydrogen) atoms. The smallest absolute Gasteiger partial charge is 0.335 e. The number of allylic oxidation sites excluding steroid dienone is 2. The molecule has 0 heterocycles. The molecule has 1 aromatic carbocycles. The Labute approximate surface area is 161 Å². The molecule has 1 aliphatic carbocycles. The molecule has 0 unspecified atom stereocenters. The van der Waals surface area contributed by atoms with E-state index < -0.39 is 5.97 Å². The van der Waals surface area contributed by atoms with Gasteiger partial charge in [-0.2, -0.15) is 0 Å². The number of nitrogens with zero attached hydrogens (tertiary/aromatic N) is 2. The molecule has 4 nitrogen and oxygen atoms in total. The Hall–Kier alpha value is -1.75. The third-order valence-corrected chi connectivity index (χ3v) is 7.22. The van der Waals surface area contributed by atoms with Crippen molar-refractivity contribution in [3.05, 3.63) is 40.3 Å². The maximum absolute atomic E-state index is 11.1. The molecule has 142 valence electrons. The van der Waals surface area contributed by atoms with Gasteiger partial charge in [-0.25, -0.2) is 4.79 Å². The third kappa shape index (κ3) is 4.14. The number of rotatable bonds is 3. The van der Waals surface area contributed by atoms with E-state index in [4.69, 9.17) is 5.11 Å². The number of amidine groups is 1. The number of carboxylic acid groups (broad SMARTS) is 1. The number of benzene rings is 1. The van der Waals surface area contributed by atoms with E-state index in [1.807, 2.05) is 24.1 Å². The SMILES string of the molecule is CN=C(SC1=C(C)C(C)(C)CCC1(C)C)N(C)c1ccc(C(=O)O)cc1. The Morgan fingerprint density at radius 1 is 1.12 bits per heavy atom. The average Bonchev–Trinajstić information content (AvgIpc) is 2.59. The van der Waals surface area contributed by atoms with Crippen LogP contribution >= 0.6 is 11.8 Å². The predicted molar refractivity (Wildman–Crippen MR) is 112 cm³/mol. The van der Waals surface area contributed by atoms with Crippen molar-refractivity contribution in [1.82, 2.24) is 0 Å². The van der Waals surface area contributed by atoms with Crippen molar-refractivity contribution in [2.24, 2.45) is 15.8 Å². The first-order valence-electron chi connectivity index (χ1n) is 8.93. The van der Waals surface area contributed by atoms with Gasteiger partial charge in [-0.05, 0) is 59.8 Å². The fraction of sp³-hybridized carbons (Fsp3) is 0.524. The number of carboxylic acids is 1. The highest BCUT2D eigenvalue weighted by Gasteiger charge is 2.38. The first kappa shape index (κ1) is 20.6. The summed E-state index contributed by atoms with van der Waals surface area (Å²) in [5.74, 6) is -0.912. The number of carbonyl (C=O) groups is 1. The van der Waals surface area contributed by atoms with E-state index in [0.717, 1.165) is 17.3 Å². The van der Waals surface area contributed by atoms with Crippen LogP contribution in [0.4, 0.5) is 5.69 Å². The summed E-state index contributed by atoms with van der Waals surface area (Å²) in [7, 11) is 3.78. The van der Waals surface area contributed by atoms with Crippen molar-refractivity contribution >= 4 is 28.6 Å². The highest BCUT2D eigenvalue weighted by atomic mass is 32.2. The fourth-order valence-corrected chi connectivity index (χ4v) is 4.57. The highest BCUT2D eigenvalue weighted by Crippen LogP contribution is 2.52. The molecule has 0 aromatic heterocycles. The summed E-state index contributed by atoms with van der Waals surface area (Å²) in [4.78, 5) is 19.0. The normalized spacial score (nSPS) is 19.4. The standard InChI is InChI=1S/C21H30N2O2S/c1-14-17(21(4,5)13-12-20(14,2)3)26-19(22-6)23(7)16-10-8-15(9-11-16)18(24)25/h8-11H,12-13H2,1-7H3,(H,24,25). The number of hydrogen-bond donors (Lipinski definition) is 1. The van der Waals surface area contributed by atoms with Crippen molar-refractivity contribution in [1.29, 1.82) is 0 Å². The summed E-state index contributed by atoms with van der Waals surface area (Å²) in [6.07, 6.45) is 2.36. The van der Waals surface area contributed by atoms with Crippen LogP contribution in [0.25, 0.3) is 0 Å². The monoisotopic (exact) mass is 374 g/mol. The second-order valence-electron chi connectivity index (χ2n) is 8.24. The van der Waals surface area contributed by atoms with Crippen molar-refractivity contribution in [3.8, 4) is 0 Å². The molecule has 0 saturated carbocycles. The summed E-state index contributed by atoms with van der Waals surface area (Å²) in [5, 5.41) is 9.98. The minimum atomic E-state index is -0.912. The molecule has 0 spiro atoms. The quantitative estimate of drug-likeness (QED) is 0.548. The second kappa shape index (κ2) is 7.47. The Bertz CT molecular complexity index is 746. The van der Waals surface area contributed by atoms with E-state index >= 15 is 0 Å². The number of aromatic carboxylic acids is 1. The summed E-state index contributed by atoms with van der Waals surface area (Å²) in [5.41, 5.74) is 2.99. The molecule has 0 amide bonds. The molecule has 1 aromatic rings. The van der Waals surface area contributed by atoms with Gasteiger partial charge in [-0.1, -0.05) is 45.0 Å². The summed E-state index contributed by atoms with van der Waals surface area (Å²) < 4.78 is 0. The van der Waals surface area contributed by atoms with Crippen LogP contribution in [-0.4, -0.2) is 30.3 Å². The molecule has 0 radical (unpaired) electrons. The van der Waals surface area contributed by atoms with Gasteiger partial charge >= 0.3 is 5.97 Å². The maximum atomic E-state index is 11.1. The van der Waals surface area contributed by atoms with E-state index in [2.05, 4.69) is 39.6 Å². The van der Waals surface area contributed by atoms with Crippen LogP contribution in [0.15, 0.2) is 39.7 Å². The zero-order valence-corrected chi connectivity index (χ0v) is 17.7. The predicted octanol–water partition coefficient (Wildman–Crippen LogP) is 5.66. The second-order valence-corrected chi connectivity index (χ2v) is 9.22. The zero-order chi connectivity index (χ0) is 19.7. The van der Waals surface area contributed by atoms with Crippen molar-refractivity contribution in [2.45, 2.75) is 47.5 Å². The van der Waals surface area contributed by atoms with Crippen molar-refractivity contribution in [2.75, 3.05) is 19.0 Å². The van der Waals surface area contributed by atoms with Crippen LogP contribution in [0.2, 0.25) is 0 Å². The molecule has 0 aliphatic heterocycles. The first-order valence-corrected chi connectivity index (χ1v) is 9.75. The van der Waals surface area contributed by atoms with Crippen LogP contribution in [0.5, 0.6) is 0 Å². The van der Waals surface area contributed by atoms with Crippen LogP contribution in [-0.2, 0) is 0 Å². The largest absolute Gasteiger partial charge is 0.478 e. The van der Waals surface area contributed by atoms with E-state index in [1.165, 1.54) is 16.9 Å². The molecular weight excluding hydrogens is 344 g/mol. The Morgan fingerprint density at radius 2 is 1.65 bits per heavy atom. The number of thioether (sulfide) groups is 1. The van der Waals surface area contributed by atoms with E-state index in [0.29, 0.717) is 5.56 Å². The van der Waals surface area contributed by atoms with Gasteiger partial charge in [0.15, 0.2) is 5.17 Å². The highest BCUT2D eigenvalue weighted by molar-refractivity contribution is 8.17. The van der Waals surface area contributed by atoms with Crippen LogP contribution in [0.1, 0.15) is 57.8 Å². The summed E-state index contributed by atoms with van der Waals surface area (Å²) in [6, 6.07) is 6.91. The average molecular weight is 375 g/mol. The third-order valence-electron chi connectivity index (χ3n) is 5.52. The number of anilines is 1. The van der Waals surface area contributed by atoms with Gasteiger partial charge in [-0.3, -0.25) is 4.99 Å². The number of aliphatic imine (C=N–C) groups is 1. The van der Waals surface area contributed by atoms with Gasteiger partial charge < -0.3 is 10.0 Å².